The van der Waals surface area contributed by atoms with Crippen molar-refractivity contribution in [2.45, 2.75) is 78.2 Å². The van der Waals surface area contributed by atoms with Gasteiger partial charge in [0.15, 0.2) is 0 Å². The predicted molar refractivity (Wildman–Crippen MR) is 452 cm³/mol. The molecule has 24 nitrogen and oxygen atoms in total. The molecule has 4 unspecified atom stereocenters. The fourth-order valence-corrected chi connectivity index (χ4v) is 12.9. The molecule has 0 saturated carbocycles. The van der Waals surface area contributed by atoms with E-state index in [1.807, 2.05) is 97.1 Å². The van der Waals surface area contributed by atoms with E-state index in [0.717, 1.165) is 82.8 Å². The summed E-state index contributed by atoms with van der Waals surface area (Å²) in [5.41, 5.74) is 10.3. The highest BCUT2D eigenvalue weighted by Gasteiger charge is 2.26. The molecule has 12 aromatic rings. The molecule has 8 aromatic heterocycles. The highest BCUT2D eigenvalue weighted by atomic mass is 35.5. The molecule has 4 aromatic carbocycles. The first kappa shape index (κ1) is 83.1. The van der Waals surface area contributed by atoms with Crippen molar-refractivity contribution < 1.29 is 38.9 Å². The normalized spacial score (nSPS) is 15.4. The molecule has 584 valence electrons. The number of ether oxygens (including phenoxy) is 2. The number of aromatic nitrogens is 8. The van der Waals surface area contributed by atoms with Crippen molar-refractivity contribution in [3.8, 4) is 45.0 Å². The van der Waals surface area contributed by atoms with Crippen LogP contribution < -0.4 is 41.7 Å². The molecule has 2 aliphatic rings. The van der Waals surface area contributed by atoms with E-state index in [1.54, 1.807) is 148 Å². The van der Waals surface area contributed by atoms with Gasteiger partial charge < -0.3 is 61.4 Å². The smallest absolute Gasteiger partial charge is 0.257 e. The topological polar surface area (TPSA) is 309 Å². The van der Waals surface area contributed by atoms with Gasteiger partial charge in [-0.1, -0.05) is 70.7 Å². The third-order valence-electron chi connectivity index (χ3n) is 17.4. The van der Waals surface area contributed by atoms with E-state index in [-0.39, 0.29) is 48.0 Å². The number of aliphatic hydroxyl groups is 2. The highest BCUT2D eigenvalue weighted by Crippen LogP contribution is 2.34. The number of hydrogen-bond acceptors (Lipinski definition) is 20. The maximum absolute atomic E-state index is 12.7. The standard InChI is InChI=1S/2C23H23ClN4O2.2C20H19ClN4O2/c2*1-15-13-28(14-16(2)30-15)22-9-6-17(12-26-22)23(29)27-18-7-8-20(24)19(11-18)21-5-3-4-10-25-21;2*1-13(26)11-23-19-8-5-14(12-24-19)20(27)25-15-6-7-17(21)16(10-15)18-4-2-3-9-22-18/h2*3-12,15-16H,13-14H2,1-2H3,(H,27,29);2*2-10,12-13,26H,11H2,1H3,(H,23,24)(H,25,27)/t;;2*13-/m..00/s1. The largest absolute Gasteiger partial charge is 0.392 e. The molecule has 2 saturated heterocycles. The van der Waals surface area contributed by atoms with Crippen LogP contribution in [0.1, 0.15) is 83.0 Å². The average Bonchev–Trinajstić information content (AvgIpc) is 0.844. The van der Waals surface area contributed by atoms with Gasteiger partial charge in [-0.15, -0.1) is 0 Å². The number of pyridine rings is 8. The molecule has 0 bridgehead atoms. The first-order valence-corrected chi connectivity index (χ1v) is 38.1. The third-order valence-corrected chi connectivity index (χ3v) is 18.7. The quantitative estimate of drug-likeness (QED) is 0.0351. The SMILES string of the molecule is CC1CN(c2ccc(C(=O)Nc3ccc(Cl)c(-c4ccccn4)c3)cn2)CC(C)O1.CC1CN(c2ccc(C(=O)Nc3ccc(Cl)c(-c4ccccn4)c3)cn2)CC(C)O1.C[C@H](O)CNc1ccc(C(=O)Nc2ccc(Cl)c(-c3ccccn3)c2)cn1.C[C@H](O)CNc1ccc(C(=O)Nc2ccc(Cl)c(-c3ccccn3)c2)cn1. The Balaban J connectivity index is 0.000000150. The minimum Gasteiger partial charge on any atom is -0.392 e. The Kier molecular flexibility index (Phi) is 29.6. The lowest BCUT2D eigenvalue weighted by molar-refractivity contribution is -0.00572. The molecule has 0 radical (unpaired) electrons. The number of nitrogens with one attached hydrogen (secondary N) is 6. The zero-order valence-corrected chi connectivity index (χ0v) is 66.2. The van der Waals surface area contributed by atoms with Gasteiger partial charge in [0.25, 0.3) is 23.6 Å². The lowest BCUT2D eigenvalue weighted by Crippen LogP contribution is -2.45. The van der Waals surface area contributed by atoms with Crippen LogP contribution in [0.15, 0.2) is 244 Å². The number of benzene rings is 4. The summed E-state index contributed by atoms with van der Waals surface area (Å²) in [5, 5.41) is 38.3. The van der Waals surface area contributed by atoms with Gasteiger partial charge in [-0.2, -0.15) is 0 Å². The van der Waals surface area contributed by atoms with Crippen LogP contribution in [0.5, 0.6) is 0 Å². The number of aliphatic hydroxyl groups excluding tert-OH is 2. The summed E-state index contributed by atoms with van der Waals surface area (Å²) in [6.07, 6.45) is 12.6. The number of nitrogens with zero attached hydrogens (tertiary/aromatic N) is 10. The molecule has 6 atom stereocenters. The number of rotatable bonds is 20. The number of carbonyl (C=O) groups is 4. The Hall–Kier alpha value is -11.8. The van der Waals surface area contributed by atoms with Crippen LogP contribution in [0.2, 0.25) is 20.1 Å². The average molecular weight is 1610 g/mol. The van der Waals surface area contributed by atoms with E-state index in [2.05, 4.69) is 109 Å². The van der Waals surface area contributed by atoms with E-state index in [1.165, 1.54) is 12.4 Å². The fraction of sp³-hybridized carbons (Fsp3) is 0.209. The van der Waals surface area contributed by atoms with Gasteiger partial charge in [0, 0.05) is 134 Å². The molecule has 2 fully saturated rings. The Bertz CT molecular complexity index is 4830. The number of amides is 4. The van der Waals surface area contributed by atoms with Crippen molar-refractivity contribution in [3.63, 3.8) is 0 Å². The molecule has 4 amide bonds. The lowest BCUT2D eigenvalue weighted by atomic mass is 10.1. The minimum absolute atomic E-state index is 0.150. The summed E-state index contributed by atoms with van der Waals surface area (Å²) < 4.78 is 11.5. The van der Waals surface area contributed by atoms with E-state index < -0.39 is 12.2 Å². The molecule has 14 rings (SSSR count). The zero-order valence-electron chi connectivity index (χ0n) is 63.1. The van der Waals surface area contributed by atoms with Crippen LogP contribution in [0.3, 0.4) is 0 Å². The summed E-state index contributed by atoms with van der Waals surface area (Å²) >= 11 is 25.2. The molecule has 2 aliphatic heterocycles. The first-order valence-electron chi connectivity index (χ1n) is 36.6. The van der Waals surface area contributed by atoms with E-state index in [9.17, 15) is 29.4 Å². The summed E-state index contributed by atoms with van der Waals surface area (Å²) in [6, 6.07) is 57.6. The van der Waals surface area contributed by atoms with Gasteiger partial charge in [-0.25, -0.2) is 19.9 Å². The Morgan fingerprint density at radius 3 is 0.851 bits per heavy atom. The second-order valence-electron chi connectivity index (χ2n) is 26.9. The van der Waals surface area contributed by atoms with Crippen LogP contribution in [0.25, 0.3) is 45.0 Å². The summed E-state index contributed by atoms with van der Waals surface area (Å²) in [6.45, 7) is 15.5. The van der Waals surface area contributed by atoms with Crippen LogP contribution in [0.4, 0.5) is 46.0 Å². The second-order valence-corrected chi connectivity index (χ2v) is 28.5. The number of anilines is 8. The van der Waals surface area contributed by atoms with Crippen LogP contribution >= 0.6 is 46.4 Å². The number of carbonyl (C=O) groups excluding carboxylic acids is 4. The number of halogens is 4. The summed E-state index contributed by atoms with van der Waals surface area (Å²) in [7, 11) is 0. The monoisotopic (exact) mass is 1610 g/mol. The first-order chi connectivity index (χ1) is 55.0. The van der Waals surface area contributed by atoms with Gasteiger partial charge in [0.2, 0.25) is 0 Å². The molecule has 114 heavy (non-hydrogen) atoms. The van der Waals surface area contributed by atoms with Crippen LogP contribution in [-0.4, -0.2) is 150 Å². The van der Waals surface area contributed by atoms with E-state index in [4.69, 9.17) is 55.9 Å². The molecular weight excluding hydrogens is 1530 g/mol. The molecule has 8 N–H and O–H groups in total. The number of morpholine rings is 2. The van der Waals surface area contributed by atoms with Crippen molar-refractivity contribution in [2.24, 2.45) is 0 Å². The van der Waals surface area contributed by atoms with Gasteiger partial charge in [-0.05, 0) is 211 Å². The van der Waals surface area contributed by atoms with Gasteiger partial charge in [0.05, 0.1) is 102 Å². The van der Waals surface area contributed by atoms with Gasteiger partial charge in [0.1, 0.15) is 23.3 Å². The minimum atomic E-state index is -0.479. The number of hydrogen-bond donors (Lipinski definition) is 8. The molecular formula is C86H84Cl4N16O8. The molecule has 10 heterocycles. The highest BCUT2D eigenvalue weighted by molar-refractivity contribution is 6.34. The maximum Gasteiger partial charge on any atom is 0.257 e. The molecule has 28 heteroatoms. The summed E-state index contributed by atoms with van der Waals surface area (Å²) in [5.74, 6) is 1.86. The van der Waals surface area contributed by atoms with Crippen LogP contribution in [-0.2, 0) is 9.47 Å². The van der Waals surface area contributed by atoms with Gasteiger partial charge in [-0.3, -0.25) is 39.1 Å². The Morgan fingerprint density at radius 1 is 0.368 bits per heavy atom. The van der Waals surface area contributed by atoms with Crippen molar-refractivity contribution in [2.75, 3.05) is 81.0 Å². The van der Waals surface area contributed by atoms with E-state index >= 15 is 0 Å². The summed E-state index contributed by atoms with van der Waals surface area (Å²) in [4.78, 5) is 89.3. The van der Waals surface area contributed by atoms with E-state index in [0.29, 0.717) is 89.8 Å². The van der Waals surface area contributed by atoms with Crippen LogP contribution in [0, 0.1) is 0 Å². The van der Waals surface area contributed by atoms with Crippen molar-refractivity contribution in [1.29, 1.82) is 0 Å². The Labute approximate surface area is 680 Å². The predicted octanol–water partition coefficient (Wildman–Crippen LogP) is 17.0. The van der Waals surface area contributed by atoms with Crippen molar-refractivity contribution in [3.05, 3.63) is 286 Å². The van der Waals surface area contributed by atoms with Gasteiger partial charge >= 0.3 is 0 Å². The Morgan fingerprint density at radius 2 is 0.632 bits per heavy atom. The fourth-order valence-electron chi connectivity index (χ4n) is 12.0. The molecule has 0 spiro atoms. The lowest BCUT2D eigenvalue weighted by Gasteiger charge is -2.36. The zero-order chi connectivity index (χ0) is 80.6. The maximum atomic E-state index is 12.7. The van der Waals surface area contributed by atoms with Crippen molar-refractivity contribution in [1.82, 2.24) is 39.9 Å². The molecule has 0 aliphatic carbocycles. The van der Waals surface area contributed by atoms with Crippen molar-refractivity contribution >= 4 is 116 Å². The second kappa shape index (κ2) is 40.6. The third kappa shape index (κ3) is 24.1.